The predicted octanol–water partition coefficient (Wildman–Crippen LogP) is 1.85. The van der Waals surface area contributed by atoms with Crippen molar-refractivity contribution in [1.82, 2.24) is 5.32 Å². The monoisotopic (exact) mass is 225 g/mol. The number of rotatable bonds is 7. The number of furan rings is 1. The van der Waals surface area contributed by atoms with E-state index >= 15 is 0 Å². The van der Waals surface area contributed by atoms with Gasteiger partial charge in [0.25, 0.3) is 0 Å². The van der Waals surface area contributed by atoms with Gasteiger partial charge < -0.3 is 20.7 Å². The van der Waals surface area contributed by atoms with Gasteiger partial charge in [-0.05, 0) is 38.4 Å². The fourth-order valence-electron chi connectivity index (χ4n) is 1.44. The highest BCUT2D eigenvalue weighted by Gasteiger charge is 2.06. The maximum Gasteiger partial charge on any atom is 0.139 e. The lowest BCUT2D eigenvalue weighted by molar-refractivity contribution is 0.316. The van der Waals surface area contributed by atoms with E-state index in [-0.39, 0.29) is 6.04 Å². The van der Waals surface area contributed by atoms with E-state index in [1.165, 1.54) is 0 Å². The molecule has 0 bridgehead atoms. The van der Waals surface area contributed by atoms with Crippen LogP contribution < -0.4 is 11.1 Å². The number of amidine groups is 1. The van der Waals surface area contributed by atoms with Crippen molar-refractivity contribution in [2.75, 3.05) is 6.54 Å². The van der Waals surface area contributed by atoms with Crippen LogP contribution in [0.1, 0.15) is 38.0 Å². The van der Waals surface area contributed by atoms with E-state index < -0.39 is 0 Å². The molecule has 0 aliphatic heterocycles. The minimum Gasteiger partial charge on any atom is -0.468 e. The molecule has 1 heterocycles. The first-order valence-corrected chi connectivity index (χ1v) is 5.47. The molecule has 0 aromatic carbocycles. The summed E-state index contributed by atoms with van der Waals surface area (Å²) in [5, 5.41) is 14.6. The van der Waals surface area contributed by atoms with Crippen molar-refractivity contribution in [3.05, 3.63) is 24.2 Å². The van der Waals surface area contributed by atoms with Crippen molar-refractivity contribution in [1.29, 1.82) is 0 Å². The molecule has 0 aliphatic rings. The summed E-state index contributed by atoms with van der Waals surface area (Å²) in [5.74, 6) is 1.23. The van der Waals surface area contributed by atoms with E-state index in [1.807, 2.05) is 12.1 Å². The lowest BCUT2D eigenvalue weighted by atomic mass is 10.2. The van der Waals surface area contributed by atoms with E-state index in [0.717, 1.165) is 25.1 Å². The molecule has 90 valence electrons. The highest BCUT2D eigenvalue weighted by atomic mass is 16.4. The number of hydrogen-bond acceptors (Lipinski definition) is 4. The fourth-order valence-corrected chi connectivity index (χ4v) is 1.44. The Labute approximate surface area is 95.3 Å². The third kappa shape index (κ3) is 4.35. The van der Waals surface area contributed by atoms with Crippen molar-refractivity contribution in [3.8, 4) is 0 Å². The minimum absolute atomic E-state index is 0.221. The quantitative estimate of drug-likeness (QED) is 0.217. The molecule has 0 saturated carbocycles. The van der Waals surface area contributed by atoms with E-state index in [9.17, 15) is 0 Å². The fraction of sp³-hybridized carbons (Fsp3) is 0.545. The van der Waals surface area contributed by atoms with Gasteiger partial charge in [0.1, 0.15) is 11.6 Å². The van der Waals surface area contributed by atoms with E-state index in [4.69, 9.17) is 15.4 Å². The Morgan fingerprint density at radius 1 is 1.62 bits per heavy atom. The summed E-state index contributed by atoms with van der Waals surface area (Å²) >= 11 is 0. The summed E-state index contributed by atoms with van der Waals surface area (Å²) < 4.78 is 5.27. The number of hydrogen-bond donors (Lipinski definition) is 3. The van der Waals surface area contributed by atoms with Crippen LogP contribution in [-0.2, 0) is 0 Å². The van der Waals surface area contributed by atoms with Crippen LogP contribution in [0, 0.1) is 0 Å². The van der Waals surface area contributed by atoms with Crippen molar-refractivity contribution in [2.45, 2.75) is 32.2 Å². The molecule has 0 spiro atoms. The zero-order chi connectivity index (χ0) is 11.8. The summed E-state index contributed by atoms with van der Waals surface area (Å²) in [6, 6.07) is 4.05. The topological polar surface area (TPSA) is 83.8 Å². The second-order valence-electron chi connectivity index (χ2n) is 3.74. The van der Waals surface area contributed by atoms with Crippen molar-refractivity contribution in [2.24, 2.45) is 10.9 Å². The summed E-state index contributed by atoms with van der Waals surface area (Å²) in [4.78, 5) is 0. The number of nitrogens with one attached hydrogen (secondary N) is 1. The molecular formula is C11H19N3O2. The van der Waals surface area contributed by atoms with Crippen molar-refractivity contribution in [3.63, 3.8) is 0 Å². The maximum absolute atomic E-state index is 8.34. The predicted molar refractivity (Wildman–Crippen MR) is 62.4 cm³/mol. The molecule has 4 N–H and O–H groups in total. The van der Waals surface area contributed by atoms with Gasteiger partial charge in [0.2, 0.25) is 0 Å². The van der Waals surface area contributed by atoms with Crippen LogP contribution in [0.25, 0.3) is 0 Å². The highest BCUT2D eigenvalue weighted by Crippen LogP contribution is 2.11. The van der Waals surface area contributed by atoms with Gasteiger partial charge in [0.05, 0.1) is 12.3 Å². The summed E-state index contributed by atoms with van der Waals surface area (Å²) in [7, 11) is 0. The molecule has 5 heteroatoms. The molecule has 0 radical (unpaired) electrons. The lowest BCUT2D eigenvalue weighted by Crippen LogP contribution is -2.20. The first-order valence-electron chi connectivity index (χ1n) is 5.47. The largest absolute Gasteiger partial charge is 0.468 e. The Hall–Kier alpha value is -1.49. The third-order valence-corrected chi connectivity index (χ3v) is 2.41. The summed E-state index contributed by atoms with van der Waals surface area (Å²) in [6.07, 6.45) is 4.20. The normalized spacial score (nSPS) is 13.9. The number of unbranched alkanes of at least 4 members (excludes halogenated alkanes) is 1. The van der Waals surface area contributed by atoms with Crippen LogP contribution in [0.2, 0.25) is 0 Å². The third-order valence-electron chi connectivity index (χ3n) is 2.41. The summed E-state index contributed by atoms with van der Waals surface area (Å²) in [6.45, 7) is 2.95. The van der Waals surface area contributed by atoms with E-state index in [1.54, 1.807) is 6.26 Å². The second-order valence-corrected chi connectivity index (χ2v) is 3.74. The van der Waals surface area contributed by atoms with Crippen LogP contribution in [0.15, 0.2) is 28.0 Å². The number of nitrogens with two attached hydrogens (primary N) is 1. The Balaban J connectivity index is 2.07. The molecule has 0 amide bonds. The average Bonchev–Trinajstić information content (AvgIpc) is 2.81. The Bertz CT molecular complexity index is 309. The van der Waals surface area contributed by atoms with E-state index in [0.29, 0.717) is 12.3 Å². The second kappa shape index (κ2) is 6.90. The van der Waals surface area contributed by atoms with Gasteiger partial charge in [-0.1, -0.05) is 5.16 Å². The number of nitrogens with zero attached hydrogens (tertiary/aromatic N) is 1. The number of oxime groups is 1. The first kappa shape index (κ1) is 12.6. The molecular weight excluding hydrogens is 206 g/mol. The van der Waals surface area contributed by atoms with Gasteiger partial charge in [-0.2, -0.15) is 0 Å². The lowest BCUT2D eigenvalue weighted by Gasteiger charge is -2.10. The van der Waals surface area contributed by atoms with Gasteiger partial charge in [-0.15, -0.1) is 0 Å². The SMILES string of the molecule is C[C@@H](NCCCC/C(N)=N/O)c1ccco1. The zero-order valence-corrected chi connectivity index (χ0v) is 9.52. The first-order chi connectivity index (χ1) is 7.74. The Morgan fingerprint density at radius 3 is 3.06 bits per heavy atom. The van der Waals surface area contributed by atoms with Crippen molar-refractivity contribution < 1.29 is 9.62 Å². The van der Waals surface area contributed by atoms with Crippen LogP contribution in [0.5, 0.6) is 0 Å². The maximum atomic E-state index is 8.34. The van der Waals surface area contributed by atoms with Crippen LogP contribution >= 0.6 is 0 Å². The van der Waals surface area contributed by atoms with Gasteiger partial charge >= 0.3 is 0 Å². The molecule has 16 heavy (non-hydrogen) atoms. The van der Waals surface area contributed by atoms with E-state index in [2.05, 4.69) is 17.4 Å². The molecule has 1 atom stereocenters. The van der Waals surface area contributed by atoms with Gasteiger partial charge in [0, 0.05) is 6.42 Å². The molecule has 0 saturated heterocycles. The Morgan fingerprint density at radius 2 is 2.44 bits per heavy atom. The highest BCUT2D eigenvalue weighted by molar-refractivity contribution is 5.79. The molecule has 0 fully saturated rings. The van der Waals surface area contributed by atoms with Gasteiger partial charge in [-0.3, -0.25) is 0 Å². The molecule has 0 aliphatic carbocycles. The van der Waals surface area contributed by atoms with Crippen LogP contribution in [0.3, 0.4) is 0 Å². The summed E-state index contributed by atoms with van der Waals surface area (Å²) in [5.41, 5.74) is 5.36. The zero-order valence-electron chi connectivity index (χ0n) is 9.52. The van der Waals surface area contributed by atoms with Crippen molar-refractivity contribution >= 4 is 5.84 Å². The molecule has 0 unspecified atom stereocenters. The molecule has 1 aromatic heterocycles. The van der Waals surface area contributed by atoms with Crippen LogP contribution in [0.4, 0.5) is 0 Å². The minimum atomic E-state index is 0.221. The average molecular weight is 225 g/mol. The Kier molecular flexibility index (Phi) is 5.42. The molecule has 1 rings (SSSR count). The van der Waals surface area contributed by atoms with Gasteiger partial charge in [0.15, 0.2) is 0 Å². The molecule has 1 aromatic rings. The standard InChI is InChI=1S/C11H19N3O2/c1-9(10-5-4-8-16-10)13-7-3-2-6-11(12)14-15/h4-5,8-9,13,15H,2-3,6-7H2,1H3,(H2,12,14)/t9-/m1/s1. The van der Waals surface area contributed by atoms with Crippen LogP contribution in [-0.4, -0.2) is 17.6 Å². The smallest absolute Gasteiger partial charge is 0.139 e. The molecule has 5 nitrogen and oxygen atoms in total. The van der Waals surface area contributed by atoms with Gasteiger partial charge in [-0.25, -0.2) is 0 Å².